The van der Waals surface area contributed by atoms with Crippen molar-refractivity contribution in [3.05, 3.63) is 29.8 Å². The van der Waals surface area contributed by atoms with Crippen LogP contribution in [0.15, 0.2) is 18.2 Å². The van der Waals surface area contributed by atoms with Gasteiger partial charge in [0.15, 0.2) is 11.6 Å². The minimum absolute atomic E-state index is 0.104. The lowest BCUT2D eigenvalue weighted by Crippen LogP contribution is -2.20. The average molecular weight is 223 g/mol. The lowest BCUT2D eigenvalue weighted by atomic mass is 10.1. The molecule has 1 aliphatic rings. The number of benzene rings is 1. The predicted octanol–water partition coefficient (Wildman–Crippen LogP) is 3.04. The van der Waals surface area contributed by atoms with E-state index in [-0.39, 0.29) is 17.8 Å². The first-order valence-electron chi connectivity index (χ1n) is 5.22. The van der Waals surface area contributed by atoms with E-state index in [0.29, 0.717) is 6.42 Å². The molecular formula is C12H11F2NO. The number of hydrogen-bond acceptors (Lipinski definition) is 2. The number of ether oxygens (including phenoxy) is 1. The molecule has 0 aliphatic heterocycles. The molecule has 0 saturated heterocycles. The van der Waals surface area contributed by atoms with E-state index >= 15 is 0 Å². The van der Waals surface area contributed by atoms with Gasteiger partial charge in [-0.3, -0.25) is 0 Å². The van der Waals surface area contributed by atoms with Crippen LogP contribution in [0, 0.1) is 28.9 Å². The zero-order chi connectivity index (χ0) is 11.5. The second kappa shape index (κ2) is 4.48. The largest absolute Gasteiger partial charge is 0.486 e. The van der Waals surface area contributed by atoms with Crippen LogP contribution in [0.3, 0.4) is 0 Å². The molecule has 4 heteroatoms. The summed E-state index contributed by atoms with van der Waals surface area (Å²) in [5.41, 5.74) is 0. The highest BCUT2D eigenvalue weighted by molar-refractivity contribution is 5.25. The monoisotopic (exact) mass is 223 g/mol. The number of rotatable bonds is 2. The third-order valence-electron chi connectivity index (χ3n) is 2.81. The lowest BCUT2D eigenvalue weighted by Gasteiger charge is -2.16. The summed E-state index contributed by atoms with van der Waals surface area (Å²) in [5.74, 6) is -2.23. The summed E-state index contributed by atoms with van der Waals surface area (Å²) in [5, 5.41) is 8.84. The fourth-order valence-electron chi connectivity index (χ4n) is 1.95. The van der Waals surface area contributed by atoms with Crippen molar-refractivity contribution >= 4 is 0 Å². The van der Waals surface area contributed by atoms with Gasteiger partial charge < -0.3 is 4.74 Å². The van der Waals surface area contributed by atoms with Gasteiger partial charge in [0, 0.05) is 0 Å². The molecule has 2 nitrogen and oxygen atoms in total. The van der Waals surface area contributed by atoms with Crippen LogP contribution in [0.25, 0.3) is 0 Å². The second-order valence-electron chi connectivity index (χ2n) is 3.87. The van der Waals surface area contributed by atoms with E-state index in [4.69, 9.17) is 10.00 Å². The molecule has 1 saturated carbocycles. The molecule has 2 atom stereocenters. The molecule has 1 fully saturated rings. The van der Waals surface area contributed by atoms with Crippen molar-refractivity contribution in [2.75, 3.05) is 0 Å². The first kappa shape index (κ1) is 10.9. The molecule has 0 aromatic heterocycles. The Morgan fingerprint density at radius 1 is 1.31 bits per heavy atom. The van der Waals surface area contributed by atoms with Gasteiger partial charge in [-0.1, -0.05) is 6.07 Å². The van der Waals surface area contributed by atoms with Gasteiger partial charge in [-0.05, 0) is 31.4 Å². The molecule has 1 aromatic carbocycles. The lowest BCUT2D eigenvalue weighted by molar-refractivity contribution is 0.173. The van der Waals surface area contributed by atoms with Crippen molar-refractivity contribution in [1.82, 2.24) is 0 Å². The molecule has 0 spiro atoms. The highest BCUT2D eigenvalue weighted by atomic mass is 19.2. The van der Waals surface area contributed by atoms with Gasteiger partial charge in [-0.25, -0.2) is 4.39 Å². The Morgan fingerprint density at radius 2 is 2.12 bits per heavy atom. The van der Waals surface area contributed by atoms with Crippen LogP contribution in [0.5, 0.6) is 5.75 Å². The van der Waals surface area contributed by atoms with E-state index in [1.807, 2.05) is 0 Å². The van der Waals surface area contributed by atoms with E-state index < -0.39 is 11.6 Å². The Hall–Kier alpha value is -1.63. The van der Waals surface area contributed by atoms with Crippen LogP contribution in [-0.2, 0) is 0 Å². The maximum atomic E-state index is 13.3. The van der Waals surface area contributed by atoms with Crippen LogP contribution in [0.2, 0.25) is 0 Å². The minimum Gasteiger partial charge on any atom is -0.486 e. The number of hydrogen-bond donors (Lipinski definition) is 0. The molecule has 0 bridgehead atoms. The maximum Gasteiger partial charge on any atom is 0.200 e. The van der Waals surface area contributed by atoms with Gasteiger partial charge in [-0.2, -0.15) is 9.65 Å². The molecule has 1 aliphatic carbocycles. The van der Waals surface area contributed by atoms with Crippen molar-refractivity contribution < 1.29 is 13.5 Å². The smallest absolute Gasteiger partial charge is 0.200 e. The topological polar surface area (TPSA) is 33.0 Å². The zero-order valence-corrected chi connectivity index (χ0v) is 8.62. The second-order valence-corrected chi connectivity index (χ2v) is 3.87. The summed E-state index contributed by atoms with van der Waals surface area (Å²) in [6, 6.07) is 5.94. The summed E-state index contributed by atoms with van der Waals surface area (Å²) in [7, 11) is 0. The summed E-state index contributed by atoms with van der Waals surface area (Å²) < 4.78 is 31.6. The van der Waals surface area contributed by atoms with Gasteiger partial charge >= 0.3 is 0 Å². The quantitative estimate of drug-likeness (QED) is 0.772. The molecule has 1 aromatic rings. The van der Waals surface area contributed by atoms with Crippen LogP contribution >= 0.6 is 0 Å². The van der Waals surface area contributed by atoms with Crippen molar-refractivity contribution in [3.63, 3.8) is 0 Å². The van der Waals surface area contributed by atoms with Crippen molar-refractivity contribution in [2.45, 2.75) is 25.4 Å². The zero-order valence-electron chi connectivity index (χ0n) is 8.62. The standard InChI is InChI=1S/C12H11F2NO/c13-9-4-2-6-11(12(9)14)16-10-5-1-3-8(10)7-15/h2,4,6,8,10H,1,3,5H2. The predicted molar refractivity (Wildman–Crippen MR) is 53.7 cm³/mol. The van der Waals surface area contributed by atoms with Gasteiger partial charge in [-0.15, -0.1) is 0 Å². The number of nitriles is 1. The molecule has 16 heavy (non-hydrogen) atoms. The number of nitrogens with zero attached hydrogens (tertiary/aromatic N) is 1. The van der Waals surface area contributed by atoms with Crippen molar-refractivity contribution in [1.29, 1.82) is 5.26 Å². The SMILES string of the molecule is N#CC1CCCC1Oc1cccc(F)c1F. The molecule has 84 valence electrons. The first-order valence-corrected chi connectivity index (χ1v) is 5.22. The fraction of sp³-hybridized carbons (Fsp3) is 0.417. The molecular weight excluding hydrogens is 212 g/mol. The normalized spacial score (nSPS) is 24.1. The summed E-state index contributed by atoms with van der Waals surface area (Å²) in [6.45, 7) is 0. The van der Waals surface area contributed by atoms with Crippen molar-refractivity contribution in [3.8, 4) is 11.8 Å². The maximum absolute atomic E-state index is 13.3. The Kier molecular flexibility index (Phi) is 3.04. The highest BCUT2D eigenvalue weighted by Crippen LogP contribution is 2.30. The molecule has 0 N–H and O–H groups in total. The molecule has 2 unspecified atom stereocenters. The van der Waals surface area contributed by atoms with Crippen LogP contribution < -0.4 is 4.74 Å². The van der Waals surface area contributed by atoms with E-state index in [1.54, 1.807) is 0 Å². The molecule has 0 amide bonds. The summed E-state index contributed by atoms with van der Waals surface area (Å²) in [6.07, 6.45) is 2.05. The van der Waals surface area contributed by atoms with Gasteiger partial charge in [0.1, 0.15) is 6.10 Å². The van der Waals surface area contributed by atoms with E-state index in [1.165, 1.54) is 12.1 Å². The van der Waals surface area contributed by atoms with Gasteiger partial charge in [0.05, 0.1) is 12.0 Å². The third-order valence-corrected chi connectivity index (χ3v) is 2.81. The Labute approximate surface area is 92.5 Å². The highest BCUT2D eigenvalue weighted by Gasteiger charge is 2.29. The minimum atomic E-state index is -0.980. The van der Waals surface area contributed by atoms with Gasteiger partial charge in [0.25, 0.3) is 0 Å². The Balaban J connectivity index is 2.15. The summed E-state index contributed by atoms with van der Waals surface area (Å²) in [4.78, 5) is 0. The van der Waals surface area contributed by atoms with E-state index in [2.05, 4.69) is 6.07 Å². The first-order chi connectivity index (χ1) is 7.72. The van der Waals surface area contributed by atoms with Crippen LogP contribution in [-0.4, -0.2) is 6.10 Å². The van der Waals surface area contributed by atoms with Crippen molar-refractivity contribution in [2.24, 2.45) is 5.92 Å². The van der Waals surface area contributed by atoms with Crippen LogP contribution in [0.1, 0.15) is 19.3 Å². The molecule has 0 radical (unpaired) electrons. The molecule has 0 heterocycles. The fourth-order valence-corrected chi connectivity index (χ4v) is 1.95. The van der Waals surface area contributed by atoms with Gasteiger partial charge in [0.2, 0.25) is 5.82 Å². The Bertz CT molecular complexity index is 428. The van der Waals surface area contributed by atoms with Crippen LogP contribution in [0.4, 0.5) is 8.78 Å². The van der Waals surface area contributed by atoms with E-state index in [0.717, 1.165) is 18.9 Å². The number of halogens is 2. The third kappa shape index (κ3) is 1.99. The average Bonchev–Trinajstić information content (AvgIpc) is 2.72. The summed E-state index contributed by atoms with van der Waals surface area (Å²) >= 11 is 0. The molecule has 2 rings (SSSR count). The van der Waals surface area contributed by atoms with E-state index in [9.17, 15) is 8.78 Å². The Morgan fingerprint density at radius 3 is 2.88 bits per heavy atom.